The third-order valence-electron chi connectivity index (χ3n) is 6.40. The maximum Gasteiger partial charge on any atom is 0.240 e. The first kappa shape index (κ1) is 19.7. The molecule has 0 aromatic heterocycles. The zero-order chi connectivity index (χ0) is 20.7. The van der Waals surface area contributed by atoms with Gasteiger partial charge in [-0.1, -0.05) is 24.3 Å². The molecule has 4 atom stereocenters. The first-order valence-corrected chi connectivity index (χ1v) is 11.9. The van der Waals surface area contributed by atoms with E-state index in [4.69, 9.17) is 4.74 Å². The van der Waals surface area contributed by atoms with E-state index in [9.17, 15) is 12.8 Å². The highest BCUT2D eigenvalue weighted by Crippen LogP contribution is 2.50. The van der Waals surface area contributed by atoms with Crippen LogP contribution in [0.25, 0.3) is 0 Å². The van der Waals surface area contributed by atoms with Crippen LogP contribution in [0.1, 0.15) is 42.3 Å². The quantitative estimate of drug-likeness (QED) is 0.704. The molecule has 4 unspecified atom stereocenters. The van der Waals surface area contributed by atoms with Crippen LogP contribution in [0.5, 0.6) is 0 Å². The van der Waals surface area contributed by atoms with Gasteiger partial charge in [0.15, 0.2) is 0 Å². The fourth-order valence-corrected chi connectivity index (χ4v) is 5.93. The van der Waals surface area contributed by atoms with Crippen LogP contribution in [-0.2, 0) is 14.8 Å². The molecule has 5 nitrogen and oxygen atoms in total. The van der Waals surface area contributed by atoms with Crippen LogP contribution in [0.2, 0.25) is 0 Å². The van der Waals surface area contributed by atoms with Crippen molar-refractivity contribution in [1.29, 1.82) is 0 Å². The average Bonchev–Trinajstić information content (AvgIpc) is 3.44. The van der Waals surface area contributed by atoms with Crippen molar-refractivity contribution >= 4 is 15.7 Å². The summed E-state index contributed by atoms with van der Waals surface area (Å²) in [7, 11) is -3.60. The number of sulfonamides is 1. The van der Waals surface area contributed by atoms with Gasteiger partial charge in [0, 0.05) is 24.8 Å². The molecule has 1 fully saturated rings. The molecule has 1 aliphatic carbocycles. The van der Waals surface area contributed by atoms with Gasteiger partial charge in [-0.25, -0.2) is 17.5 Å². The van der Waals surface area contributed by atoms with Crippen LogP contribution in [0.4, 0.5) is 10.1 Å². The Balaban J connectivity index is 1.42. The van der Waals surface area contributed by atoms with E-state index in [2.05, 4.69) is 22.2 Å². The monoisotopic (exact) mass is 428 g/mol. The zero-order valence-electron chi connectivity index (χ0n) is 16.6. The Morgan fingerprint density at radius 1 is 1.17 bits per heavy atom. The van der Waals surface area contributed by atoms with E-state index >= 15 is 0 Å². The van der Waals surface area contributed by atoms with Gasteiger partial charge in [-0.15, -0.1) is 0 Å². The van der Waals surface area contributed by atoms with E-state index < -0.39 is 10.0 Å². The summed E-state index contributed by atoms with van der Waals surface area (Å²) in [5, 5.41) is 3.56. The number of hydrogen-bond donors (Lipinski definition) is 2. The first-order chi connectivity index (χ1) is 14.5. The molecule has 2 aromatic carbocycles. The van der Waals surface area contributed by atoms with Crippen molar-refractivity contribution in [1.82, 2.24) is 4.72 Å². The fraction of sp³-hybridized carbons (Fsp3) is 0.391. The largest absolute Gasteiger partial charge is 0.378 e. The Hall–Kier alpha value is -2.22. The second kappa shape index (κ2) is 7.80. The lowest BCUT2D eigenvalue weighted by Gasteiger charge is -2.37. The van der Waals surface area contributed by atoms with Crippen LogP contribution in [0, 0.1) is 11.7 Å². The number of rotatable bonds is 5. The van der Waals surface area contributed by atoms with Crippen molar-refractivity contribution in [2.24, 2.45) is 5.92 Å². The summed E-state index contributed by atoms with van der Waals surface area (Å²) in [6, 6.07) is 11.9. The minimum atomic E-state index is -3.60. The van der Waals surface area contributed by atoms with E-state index in [0.29, 0.717) is 13.2 Å². The smallest absolute Gasteiger partial charge is 0.240 e. The minimum absolute atomic E-state index is 0.0438. The van der Waals surface area contributed by atoms with Gasteiger partial charge >= 0.3 is 0 Å². The number of nitrogens with one attached hydrogen (secondary N) is 2. The van der Waals surface area contributed by atoms with Crippen LogP contribution in [0.3, 0.4) is 0 Å². The maximum atomic E-state index is 13.4. The number of anilines is 1. The van der Waals surface area contributed by atoms with Gasteiger partial charge in [0.25, 0.3) is 0 Å². The zero-order valence-corrected chi connectivity index (χ0v) is 17.4. The van der Waals surface area contributed by atoms with Gasteiger partial charge in [-0.2, -0.15) is 0 Å². The molecule has 0 radical (unpaired) electrons. The average molecular weight is 429 g/mol. The second-order valence-electron chi connectivity index (χ2n) is 8.26. The van der Waals surface area contributed by atoms with E-state index in [1.807, 2.05) is 18.2 Å². The van der Waals surface area contributed by atoms with Crippen LogP contribution in [-0.4, -0.2) is 27.7 Å². The van der Waals surface area contributed by atoms with Gasteiger partial charge in [0.1, 0.15) is 5.82 Å². The van der Waals surface area contributed by atoms with Crippen molar-refractivity contribution < 1.29 is 17.5 Å². The Morgan fingerprint density at radius 3 is 2.77 bits per heavy atom. The molecule has 2 aromatic rings. The first-order valence-electron chi connectivity index (χ1n) is 10.5. The Labute approximate surface area is 176 Å². The summed E-state index contributed by atoms with van der Waals surface area (Å²) in [6.45, 7) is 0.998. The van der Waals surface area contributed by atoms with Gasteiger partial charge in [-0.05, 0) is 66.6 Å². The number of allylic oxidation sites excluding steroid dienone is 2. The number of ether oxygens (including phenoxy) is 1. The molecule has 5 rings (SSSR count). The fourth-order valence-electron chi connectivity index (χ4n) is 4.83. The molecule has 3 aliphatic rings. The van der Waals surface area contributed by atoms with Gasteiger partial charge < -0.3 is 10.1 Å². The normalized spacial score (nSPS) is 27.5. The van der Waals surface area contributed by atoms with E-state index in [0.717, 1.165) is 36.1 Å². The van der Waals surface area contributed by atoms with E-state index in [1.165, 1.54) is 12.1 Å². The van der Waals surface area contributed by atoms with Crippen molar-refractivity contribution in [3.63, 3.8) is 0 Å². The van der Waals surface area contributed by atoms with Gasteiger partial charge in [0.2, 0.25) is 10.0 Å². The molecule has 0 spiro atoms. The van der Waals surface area contributed by atoms with Gasteiger partial charge in [0.05, 0.1) is 17.0 Å². The lowest BCUT2D eigenvalue weighted by atomic mass is 9.77. The van der Waals surface area contributed by atoms with Crippen LogP contribution >= 0.6 is 0 Å². The molecular weight excluding hydrogens is 403 g/mol. The van der Waals surface area contributed by atoms with E-state index in [1.54, 1.807) is 12.1 Å². The highest BCUT2D eigenvalue weighted by molar-refractivity contribution is 7.89. The lowest BCUT2D eigenvalue weighted by Crippen LogP contribution is -2.32. The summed E-state index contributed by atoms with van der Waals surface area (Å²) in [6.07, 6.45) is 7.03. The Morgan fingerprint density at radius 2 is 2.00 bits per heavy atom. The molecule has 0 amide bonds. The van der Waals surface area contributed by atoms with Crippen molar-refractivity contribution in [2.75, 3.05) is 18.5 Å². The third-order valence-corrected chi connectivity index (χ3v) is 7.82. The SMILES string of the molecule is O=S(=O)(NCC1CCCO1)c1ccc2c(c1)C1C=CCC1C(c1ccc(F)cc1)N2. The maximum absolute atomic E-state index is 13.4. The van der Waals surface area contributed by atoms with Crippen LogP contribution < -0.4 is 10.0 Å². The molecule has 0 saturated carbocycles. The number of benzene rings is 2. The molecule has 30 heavy (non-hydrogen) atoms. The third kappa shape index (κ3) is 3.66. The summed E-state index contributed by atoms with van der Waals surface area (Å²) >= 11 is 0. The topological polar surface area (TPSA) is 67.4 Å². The number of halogens is 1. The van der Waals surface area contributed by atoms with Crippen molar-refractivity contribution in [3.8, 4) is 0 Å². The molecule has 1 saturated heterocycles. The highest BCUT2D eigenvalue weighted by atomic mass is 32.2. The number of hydrogen-bond acceptors (Lipinski definition) is 4. The predicted octanol–water partition coefficient (Wildman–Crippen LogP) is 4.11. The highest BCUT2D eigenvalue weighted by Gasteiger charge is 2.38. The molecule has 2 heterocycles. The lowest BCUT2D eigenvalue weighted by molar-refractivity contribution is 0.114. The van der Waals surface area contributed by atoms with E-state index in [-0.39, 0.29) is 34.7 Å². The molecule has 2 aliphatic heterocycles. The molecule has 7 heteroatoms. The molecule has 2 N–H and O–H groups in total. The summed E-state index contributed by atoms with van der Waals surface area (Å²) in [4.78, 5) is 0.278. The Kier molecular flexibility index (Phi) is 5.13. The predicted molar refractivity (Wildman–Crippen MR) is 113 cm³/mol. The summed E-state index contributed by atoms with van der Waals surface area (Å²) in [5.74, 6) is 0.145. The molecular formula is C23H25FN2O3S. The minimum Gasteiger partial charge on any atom is -0.378 e. The van der Waals surface area contributed by atoms with Crippen molar-refractivity contribution in [2.45, 2.75) is 42.2 Å². The summed E-state index contributed by atoms with van der Waals surface area (Å²) in [5.41, 5.74) is 2.96. The van der Waals surface area contributed by atoms with Crippen LogP contribution in [0.15, 0.2) is 59.5 Å². The van der Waals surface area contributed by atoms with Crippen molar-refractivity contribution in [3.05, 3.63) is 71.6 Å². The van der Waals surface area contributed by atoms with Gasteiger partial charge in [-0.3, -0.25) is 0 Å². The second-order valence-corrected chi connectivity index (χ2v) is 10.0. The summed E-state index contributed by atoms with van der Waals surface area (Å²) < 4.78 is 47.3. The number of fused-ring (bicyclic) bond motifs is 3. The molecule has 0 bridgehead atoms. The molecule has 158 valence electrons. The Bertz CT molecular complexity index is 1060. The standard InChI is InChI=1S/C23H25FN2O3S/c24-16-8-6-15(7-9-16)23-20-5-1-4-19(20)21-13-18(10-11-22(21)26-23)30(27,28)25-14-17-3-2-12-29-17/h1,4,6-11,13,17,19-20,23,25-26H,2-3,5,12,14H2.